The van der Waals surface area contributed by atoms with Crippen molar-refractivity contribution in [2.75, 3.05) is 6.26 Å². The largest absolute Gasteiger partial charge is 0.411 e. The standard InChI is InChI=1S/C11H14ClNO3S/c1-3-10(17(2,15)16)11(13-14)8-5-4-6-9(12)7-8/h4-7,10,14H,3H2,1-2H3/b13-11-/t10-/m0/s1. The van der Waals surface area contributed by atoms with Crippen LogP contribution >= 0.6 is 11.6 Å². The predicted octanol–water partition coefficient (Wildman–Crippen LogP) is 2.34. The number of hydrogen-bond acceptors (Lipinski definition) is 4. The molecule has 0 aromatic heterocycles. The Morgan fingerprint density at radius 1 is 1.53 bits per heavy atom. The first-order chi connectivity index (χ1) is 7.90. The zero-order valence-electron chi connectivity index (χ0n) is 9.59. The summed E-state index contributed by atoms with van der Waals surface area (Å²) in [5.41, 5.74) is 0.634. The van der Waals surface area contributed by atoms with Crippen LogP contribution in [0.15, 0.2) is 29.4 Å². The molecule has 1 atom stereocenters. The van der Waals surface area contributed by atoms with Gasteiger partial charge in [0.1, 0.15) is 11.0 Å². The Bertz CT molecular complexity index is 525. The van der Waals surface area contributed by atoms with Crippen LogP contribution in [-0.2, 0) is 9.84 Å². The quantitative estimate of drug-likeness (QED) is 0.521. The molecule has 0 aliphatic carbocycles. The molecule has 0 aliphatic rings. The molecule has 1 rings (SSSR count). The van der Waals surface area contributed by atoms with E-state index in [1.165, 1.54) is 0 Å². The van der Waals surface area contributed by atoms with Crippen molar-refractivity contribution in [3.63, 3.8) is 0 Å². The molecule has 0 heterocycles. The van der Waals surface area contributed by atoms with Crippen LogP contribution in [0.4, 0.5) is 0 Å². The number of hydrogen-bond donors (Lipinski definition) is 1. The van der Waals surface area contributed by atoms with Crippen molar-refractivity contribution in [1.82, 2.24) is 0 Å². The van der Waals surface area contributed by atoms with Gasteiger partial charge < -0.3 is 5.21 Å². The van der Waals surface area contributed by atoms with Crippen LogP contribution in [0.2, 0.25) is 5.02 Å². The number of sulfone groups is 1. The number of oxime groups is 1. The third kappa shape index (κ3) is 3.44. The molecule has 0 saturated heterocycles. The molecule has 4 nitrogen and oxygen atoms in total. The second-order valence-electron chi connectivity index (χ2n) is 3.72. The molecular weight excluding hydrogens is 262 g/mol. The van der Waals surface area contributed by atoms with Crippen LogP contribution in [0.25, 0.3) is 0 Å². The van der Waals surface area contributed by atoms with Crippen molar-refractivity contribution in [2.45, 2.75) is 18.6 Å². The summed E-state index contributed by atoms with van der Waals surface area (Å²) in [7, 11) is -3.32. The minimum absolute atomic E-state index is 0.123. The lowest BCUT2D eigenvalue weighted by atomic mass is 10.1. The molecule has 0 amide bonds. The zero-order chi connectivity index (χ0) is 13.1. The second kappa shape index (κ2) is 5.51. The summed E-state index contributed by atoms with van der Waals surface area (Å²) < 4.78 is 23.2. The average Bonchev–Trinajstić information content (AvgIpc) is 2.23. The van der Waals surface area contributed by atoms with Crippen molar-refractivity contribution in [1.29, 1.82) is 0 Å². The summed E-state index contributed by atoms with van der Waals surface area (Å²) in [6.45, 7) is 1.72. The molecule has 0 unspecified atom stereocenters. The highest BCUT2D eigenvalue weighted by molar-refractivity contribution is 7.92. The molecule has 0 bridgehead atoms. The summed E-state index contributed by atoms with van der Waals surface area (Å²) in [5, 5.41) is 11.8. The van der Waals surface area contributed by atoms with E-state index in [2.05, 4.69) is 5.16 Å². The Morgan fingerprint density at radius 2 is 2.18 bits per heavy atom. The van der Waals surface area contributed by atoms with Crippen LogP contribution in [0, 0.1) is 0 Å². The van der Waals surface area contributed by atoms with Gasteiger partial charge >= 0.3 is 0 Å². The summed E-state index contributed by atoms with van der Waals surface area (Å²) in [6.07, 6.45) is 1.46. The highest BCUT2D eigenvalue weighted by Crippen LogP contribution is 2.17. The minimum Gasteiger partial charge on any atom is -0.411 e. The first-order valence-corrected chi connectivity index (χ1v) is 7.40. The van der Waals surface area contributed by atoms with Crippen molar-refractivity contribution >= 4 is 27.1 Å². The SMILES string of the molecule is CC[C@@H](/C(=N\O)c1cccc(Cl)c1)S(C)(=O)=O. The monoisotopic (exact) mass is 275 g/mol. The van der Waals surface area contributed by atoms with Gasteiger partial charge in [-0.3, -0.25) is 0 Å². The van der Waals surface area contributed by atoms with Gasteiger partial charge in [0.05, 0.1) is 0 Å². The summed E-state index contributed by atoms with van der Waals surface area (Å²) in [4.78, 5) is 0. The summed E-state index contributed by atoms with van der Waals surface area (Å²) in [5.74, 6) is 0. The summed E-state index contributed by atoms with van der Waals surface area (Å²) >= 11 is 5.82. The van der Waals surface area contributed by atoms with Gasteiger partial charge in [0.25, 0.3) is 0 Å². The van der Waals surface area contributed by atoms with Gasteiger partial charge in [-0.1, -0.05) is 35.8 Å². The van der Waals surface area contributed by atoms with E-state index in [1.807, 2.05) is 0 Å². The first-order valence-electron chi connectivity index (χ1n) is 5.07. The Hall–Kier alpha value is -1.07. The van der Waals surface area contributed by atoms with E-state index >= 15 is 0 Å². The Balaban J connectivity index is 3.25. The normalized spacial score (nSPS) is 14.6. The maximum absolute atomic E-state index is 11.6. The zero-order valence-corrected chi connectivity index (χ0v) is 11.2. The molecule has 1 aromatic carbocycles. The van der Waals surface area contributed by atoms with E-state index in [1.54, 1.807) is 31.2 Å². The molecule has 1 N–H and O–H groups in total. The van der Waals surface area contributed by atoms with E-state index in [0.717, 1.165) is 6.26 Å². The molecular formula is C11H14ClNO3S. The topological polar surface area (TPSA) is 66.7 Å². The molecule has 6 heteroatoms. The highest BCUT2D eigenvalue weighted by Gasteiger charge is 2.26. The third-order valence-corrected chi connectivity index (χ3v) is 4.25. The maximum Gasteiger partial charge on any atom is 0.156 e. The average molecular weight is 276 g/mol. The highest BCUT2D eigenvalue weighted by atomic mass is 35.5. The lowest BCUT2D eigenvalue weighted by Crippen LogP contribution is -2.29. The van der Waals surface area contributed by atoms with Gasteiger partial charge in [0.2, 0.25) is 0 Å². The van der Waals surface area contributed by atoms with Gasteiger partial charge in [-0.25, -0.2) is 8.42 Å². The fourth-order valence-corrected chi connectivity index (χ4v) is 3.04. The van der Waals surface area contributed by atoms with Crippen LogP contribution in [0.1, 0.15) is 18.9 Å². The Kier molecular flexibility index (Phi) is 4.54. The number of benzene rings is 1. The Labute approximate surface area is 106 Å². The third-order valence-electron chi connectivity index (χ3n) is 2.42. The van der Waals surface area contributed by atoms with Crippen molar-refractivity contribution in [2.24, 2.45) is 5.16 Å². The van der Waals surface area contributed by atoms with Gasteiger partial charge in [-0.05, 0) is 18.6 Å². The second-order valence-corrected chi connectivity index (χ2v) is 6.39. The van der Waals surface area contributed by atoms with Crippen LogP contribution in [0.3, 0.4) is 0 Å². The Morgan fingerprint density at radius 3 is 2.59 bits per heavy atom. The summed E-state index contributed by atoms with van der Waals surface area (Å²) in [6, 6.07) is 6.58. The smallest absolute Gasteiger partial charge is 0.156 e. The van der Waals surface area contributed by atoms with Gasteiger partial charge in [-0.15, -0.1) is 0 Å². The fraction of sp³-hybridized carbons (Fsp3) is 0.364. The lowest BCUT2D eigenvalue weighted by Gasteiger charge is -2.14. The number of nitrogens with zero attached hydrogens (tertiary/aromatic N) is 1. The first kappa shape index (κ1) is 14.0. The molecule has 0 spiro atoms. The van der Waals surface area contributed by atoms with Crippen LogP contribution in [0.5, 0.6) is 0 Å². The van der Waals surface area contributed by atoms with Crippen LogP contribution in [-0.4, -0.2) is 30.8 Å². The molecule has 0 aliphatic heterocycles. The van der Waals surface area contributed by atoms with E-state index in [4.69, 9.17) is 16.8 Å². The molecule has 0 fully saturated rings. The van der Waals surface area contributed by atoms with Crippen molar-refractivity contribution in [3.05, 3.63) is 34.9 Å². The molecule has 0 radical (unpaired) electrons. The molecule has 0 saturated carbocycles. The van der Waals surface area contributed by atoms with E-state index in [9.17, 15) is 8.42 Å². The van der Waals surface area contributed by atoms with E-state index in [-0.39, 0.29) is 5.71 Å². The fourth-order valence-electron chi connectivity index (χ4n) is 1.65. The van der Waals surface area contributed by atoms with Crippen molar-refractivity contribution in [3.8, 4) is 0 Å². The van der Waals surface area contributed by atoms with Gasteiger partial charge in [0.15, 0.2) is 9.84 Å². The number of halogens is 1. The maximum atomic E-state index is 11.6. The van der Waals surface area contributed by atoms with Crippen LogP contribution < -0.4 is 0 Å². The van der Waals surface area contributed by atoms with E-state index < -0.39 is 15.1 Å². The number of rotatable bonds is 4. The minimum atomic E-state index is -3.32. The lowest BCUT2D eigenvalue weighted by molar-refractivity contribution is 0.318. The van der Waals surface area contributed by atoms with Gasteiger partial charge in [-0.2, -0.15) is 0 Å². The van der Waals surface area contributed by atoms with E-state index in [0.29, 0.717) is 17.0 Å². The van der Waals surface area contributed by atoms with Crippen molar-refractivity contribution < 1.29 is 13.6 Å². The molecule has 1 aromatic rings. The van der Waals surface area contributed by atoms with Gasteiger partial charge in [0, 0.05) is 16.8 Å². The predicted molar refractivity (Wildman–Crippen MR) is 68.7 cm³/mol. The molecule has 94 valence electrons. The molecule has 17 heavy (non-hydrogen) atoms.